The third kappa shape index (κ3) is 9.39. The van der Waals surface area contributed by atoms with Crippen molar-refractivity contribution in [1.29, 1.82) is 5.26 Å². The number of nitrogens with one attached hydrogen (secondary N) is 2. The van der Waals surface area contributed by atoms with Gasteiger partial charge in [0.15, 0.2) is 11.6 Å². The normalized spacial score (nSPS) is 33.3. The molecule has 60 heavy (non-hydrogen) atoms. The van der Waals surface area contributed by atoms with Gasteiger partial charge in [-0.05, 0) is 124 Å². The topological polar surface area (TPSA) is 116 Å². The zero-order chi connectivity index (χ0) is 43.8. The van der Waals surface area contributed by atoms with E-state index in [0.717, 1.165) is 89.0 Å². The Morgan fingerprint density at radius 3 is 1.98 bits per heavy atom. The summed E-state index contributed by atoms with van der Waals surface area (Å²) in [6.45, 7) is 18.2. The number of unbranched alkanes of at least 4 members (excludes halogenated alkanes) is 1. The number of ketones is 2. The molecule has 0 aliphatic heterocycles. The molecule has 0 spiro atoms. The summed E-state index contributed by atoms with van der Waals surface area (Å²) < 4.78 is 0. The molecule has 0 aromatic heterocycles. The predicted octanol–water partition coefficient (Wildman–Crippen LogP) is 11.4. The Kier molecular flexibility index (Phi) is 15.1. The van der Waals surface area contributed by atoms with E-state index in [-0.39, 0.29) is 63.0 Å². The standard InChI is InChI=1S/C53H75N3O4/c1-9-10-11-12-13-14-15-16-17-18-19-20-21-22-23-24-25-26-44(58)55-33-34-56-47(60)53-31-29-48(2,3)37-40(53)45-41(57)35-43-50(6)36-39(38-54)46(59)49(4,5)42(50)27-28-51(43,7)52(45,8)30-32-53/h10-11,13-14,16-17,19-20,22-23,35-36,40,42,45H,9,12,15,18,21,24-34,37H2,1-8H3,(H,55,58)(H,56,60). The molecule has 5 aliphatic carbocycles. The van der Waals surface area contributed by atoms with Gasteiger partial charge in [0.1, 0.15) is 6.07 Å². The number of hydrogen-bond acceptors (Lipinski definition) is 5. The van der Waals surface area contributed by atoms with Gasteiger partial charge in [-0.2, -0.15) is 5.26 Å². The van der Waals surface area contributed by atoms with Gasteiger partial charge in [-0.15, -0.1) is 0 Å². The first-order valence-electron chi connectivity index (χ1n) is 23.2. The molecule has 2 N–H and O–H groups in total. The molecule has 0 radical (unpaired) electrons. The Morgan fingerprint density at radius 1 is 0.783 bits per heavy atom. The van der Waals surface area contributed by atoms with Gasteiger partial charge in [0, 0.05) is 36.3 Å². The zero-order valence-corrected chi connectivity index (χ0v) is 38.3. The summed E-state index contributed by atoms with van der Waals surface area (Å²) in [5.41, 5.74) is -1.36. The molecule has 0 bridgehead atoms. The molecule has 7 unspecified atom stereocenters. The van der Waals surface area contributed by atoms with Crippen LogP contribution in [-0.4, -0.2) is 36.5 Å². The third-order valence-electron chi connectivity index (χ3n) is 16.0. The number of fused-ring (bicyclic) bond motifs is 7. The number of carbonyl (C=O) groups is 4. The smallest absolute Gasteiger partial charge is 0.226 e. The minimum Gasteiger partial charge on any atom is -0.354 e. The molecular weight excluding hydrogens is 743 g/mol. The second-order valence-electron chi connectivity index (χ2n) is 20.6. The van der Waals surface area contributed by atoms with Crippen LogP contribution >= 0.6 is 0 Å². The number of hydrogen-bond donors (Lipinski definition) is 2. The monoisotopic (exact) mass is 818 g/mol. The van der Waals surface area contributed by atoms with Crippen LogP contribution < -0.4 is 10.6 Å². The first-order valence-corrected chi connectivity index (χ1v) is 23.2. The lowest BCUT2D eigenvalue weighted by atomic mass is 9.34. The van der Waals surface area contributed by atoms with E-state index in [2.05, 4.69) is 119 Å². The van der Waals surface area contributed by atoms with Crippen molar-refractivity contribution in [3.63, 3.8) is 0 Å². The van der Waals surface area contributed by atoms with Crippen LogP contribution in [0.15, 0.2) is 84.1 Å². The van der Waals surface area contributed by atoms with E-state index in [4.69, 9.17) is 0 Å². The Balaban J connectivity index is 1.14. The minimum absolute atomic E-state index is 0.000315. The third-order valence-corrected chi connectivity index (χ3v) is 16.0. The highest BCUT2D eigenvalue weighted by molar-refractivity contribution is 6.04. The second kappa shape index (κ2) is 19.3. The van der Waals surface area contributed by atoms with E-state index in [1.54, 1.807) is 0 Å². The largest absolute Gasteiger partial charge is 0.354 e. The van der Waals surface area contributed by atoms with Crippen LogP contribution in [0.4, 0.5) is 0 Å². The Bertz CT molecular complexity index is 1880. The zero-order valence-electron chi connectivity index (χ0n) is 38.3. The van der Waals surface area contributed by atoms with Crippen LogP contribution in [0.1, 0.15) is 152 Å². The van der Waals surface area contributed by atoms with Crippen molar-refractivity contribution < 1.29 is 19.2 Å². The number of rotatable bonds is 17. The number of nitriles is 1. The van der Waals surface area contributed by atoms with E-state index in [9.17, 15) is 24.4 Å². The molecule has 0 aromatic rings. The summed E-state index contributed by atoms with van der Waals surface area (Å²) in [7, 11) is 0. The van der Waals surface area contributed by atoms with Crippen LogP contribution in [0.2, 0.25) is 0 Å². The van der Waals surface area contributed by atoms with Crippen molar-refractivity contribution in [2.45, 2.75) is 152 Å². The molecule has 7 nitrogen and oxygen atoms in total. The highest BCUT2D eigenvalue weighted by Crippen LogP contribution is 2.74. The number of nitrogens with zero attached hydrogens (tertiary/aromatic N) is 1. The number of amides is 2. The Hall–Kier alpha value is -4.05. The molecule has 2 amide bonds. The van der Waals surface area contributed by atoms with Crippen molar-refractivity contribution >= 4 is 23.4 Å². The van der Waals surface area contributed by atoms with Gasteiger partial charge in [-0.3, -0.25) is 19.2 Å². The molecule has 3 fully saturated rings. The van der Waals surface area contributed by atoms with E-state index < -0.39 is 16.2 Å². The maximum absolute atomic E-state index is 14.8. The number of allylic oxidation sites excluding steroid dienone is 14. The maximum Gasteiger partial charge on any atom is 0.226 e. The van der Waals surface area contributed by atoms with Crippen molar-refractivity contribution in [3.05, 3.63) is 84.1 Å². The lowest BCUT2D eigenvalue weighted by molar-refractivity contribution is -0.178. The summed E-state index contributed by atoms with van der Waals surface area (Å²) in [4.78, 5) is 55.4. The Morgan fingerprint density at radius 2 is 1.37 bits per heavy atom. The van der Waals surface area contributed by atoms with E-state index in [0.29, 0.717) is 25.9 Å². The average molecular weight is 818 g/mol. The summed E-state index contributed by atoms with van der Waals surface area (Å²) in [5, 5.41) is 16.3. The number of Topliss-reactive ketones (excluding diaryl/α,β-unsaturated/α-hetero) is 1. The molecule has 0 saturated heterocycles. The summed E-state index contributed by atoms with van der Waals surface area (Å²) in [6.07, 6.45) is 38.2. The second-order valence-corrected chi connectivity index (χ2v) is 20.6. The molecule has 0 aromatic carbocycles. The first-order chi connectivity index (χ1) is 28.4. The van der Waals surface area contributed by atoms with Crippen LogP contribution in [0.3, 0.4) is 0 Å². The lowest BCUT2D eigenvalue weighted by Crippen LogP contribution is -2.66. The molecule has 7 heteroatoms. The SMILES string of the molecule is CCC=CCC=CCC=CCC=CCC=CCCCC(=O)NCCNC(=O)C12CCC(C)(C)CC1C1C(=O)C=C3C4(C)C=C(C#N)C(=O)C(C)(C)C4CCC3(C)C1(C)CC2. The van der Waals surface area contributed by atoms with E-state index in [1.165, 1.54) is 0 Å². The maximum atomic E-state index is 14.8. The summed E-state index contributed by atoms with van der Waals surface area (Å²) in [6, 6.07) is 2.20. The van der Waals surface area contributed by atoms with Crippen molar-refractivity contribution in [2.24, 2.45) is 50.2 Å². The summed E-state index contributed by atoms with van der Waals surface area (Å²) in [5.74, 6) is -0.389. The van der Waals surface area contributed by atoms with Gasteiger partial charge in [-0.25, -0.2) is 0 Å². The van der Waals surface area contributed by atoms with Crippen LogP contribution in [0, 0.1) is 61.6 Å². The van der Waals surface area contributed by atoms with Gasteiger partial charge < -0.3 is 10.6 Å². The highest BCUT2D eigenvalue weighted by atomic mass is 16.2. The van der Waals surface area contributed by atoms with Gasteiger partial charge in [-0.1, -0.05) is 128 Å². The van der Waals surface area contributed by atoms with Gasteiger partial charge in [0.05, 0.1) is 11.0 Å². The van der Waals surface area contributed by atoms with Gasteiger partial charge in [0.2, 0.25) is 11.8 Å². The van der Waals surface area contributed by atoms with Crippen molar-refractivity contribution in [3.8, 4) is 6.07 Å². The first kappa shape index (κ1) is 47.0. The van der Waals surface area contributed by atoms with Gasteiger partial charge in [0.25, 0.3) is 0 Å². The quantitative estimate of drug-likeness (QED) is 0.112. The van der Waals surface area contributed by atoms with Crippen LogP contribution in [0.5, 0.6) is 0 Å². The van der Waals surface area contributed by atoms with E-state index >= 15 is 0 Å². The molecule has 5 aliphatic rings. The fourth-order valence-electron chi connectivity index (χ4n) is 12.4. The van der Waals surface area contributed by atoms with Crippen molar-refractivity contribution in [1.82, 2.24) is 10.6 Å². The molecule has 0 heterocycles. The van der Waals surface area contributed by atoms with E-state index in [1.807, 2.05) is 26.0 Å². The number of carbonyl (C=O) groups excluding carboxylic acids is 4. The Labute approximate surface area is 362 Å². The highest BCUT2D eigenvalue weighted by Gasteiger charge is 2.70. The lowest BCUT2D eigenvalue weighted by Gasteiger charge is -2.69. The fraction of sp³-hybridized carbons (Fsp3) is 0.642. The molecular formula is C53H75N3O4. The molecule has 3 saturated carbocycles. The molecule has 326 valence electrons. The van der Waals surface area contributed by atoms with Crippen LogP contribution in [-0.2, 0) is 19.2 Å². The average Bonchev–Trinajstić information content (AvgIpc) is 3.19. The predicted molar refractivity (Wildman–Crippen MR) is 243 cm³/mol. The van der Waals surface area contributed by atoms with Gasteiger partial charge >= 0.3 is 0 Å². The van der Waals surface area contributed by atoms with Crippen LogP contribution in [0.25, 0.3) is 0 Å². The summed E-state index contributed by atoms with van der Waals surface area (Å²) >= 11 is 0. The fourth-order valence-corrected chi connectivity index (χ4v) is 12.4. The molecule has 7 atom stereocenters. The van der Waals surface area contributed by atoms with Crippen molar-refractivity contribution in [2.75, 3.05) is 13.1 Å². The minimum atomic E-state index is -0.707. The molecule has 5 rings (SSSR count).